The second kappa shape index (κ2) is 7.64. The van der Waals surface area contributed by atoms with Gasteiger partial charge in [-0.3, -0.25) is 9.69 Å². The molecule has 124 valence electrons. The quantitative estimate of drug-likeness (QED) is 0.773. The summed E-state index contributed by atoms with van der Waals surface area (Å²) in [5.74, 6) is 1.04. The number of carbonyl (C=O) groups excluding carboxylic acids is 1. The summed E-state index contributed by atoms with van der Waals surface area (Å²) in [4.78, 5) is 13.7. The predicted molar refractivity (Wildman–Crippen MR) is 80.8 cm³/mol. The summed E-state index contributed by atoms with van der Waals surface area (Å²) in [6.45, 7) is 7.23. The molecular formula is C14H26N6O2. The highest BCUT2D eigenvalue weighted by Gasteiger charge is 2.33. The molecule has 1 aliphatic heterocycles. The molecule has 0 radical (unpaired) electrons. The Labute approximate surface area is 131 Å². The maximum atomic E-state index is 11.3. The molecule has 2 heterocycles. The fourth-order valence-corrected chi connectivity index (χ4v) is 3.11. The van der Waals surface area contributed by atoms with Gasteiger partial charge in [0.25, 0.3) is 0 Å². The Bertz CT molecular complexity index is 481. The summed E-state index contributed by atoms with van der Waals surface area (Å²) in [6.07, 6.45) is 1.61. The highest BCUT2D eigenvalue weighted by molar-refractivity contribution is 5.76. The monoisotopic (exact) mass is 310 g/mol. The molecule has 0 aliphatic carbocycles. The summed E-state index contributed by atoms with van der Waals surface area (Å²) in [5, 5.41) is 12.1. The van der Waals surface area contributed by atoms with Gasteiger partial charge in [-0.15, -0.1) is 5.10 Å². The van der Waals surface area contributed by atoms with Gasteiger partial charge in [0, 0.05) is 13.0 Å². The van der Waals surface area contributed by atoms with Crippen LogP contribution in [0.2, 0.25) is 0 Å². The molecule has 1 aliphatic rings. The van der Waals surface area contributed by atoms with Crippen molar-refractivity contribution in [3.63, 3.8) is 0 Å². The third-order valence-electron chi connectivity index (χ3n) is 4.29. The second-order valence-electron chi connectivity index (χ2n) is 6.15. The molecule has 0 bridgehead atoms. The van der Waals surface area contributed by atoms with Crippen LogP contribution in [0, 0.1) is 11.8 Å². The van der Waals surface area contributed by atoms with E-state index in [-0.39, 0.29) is 17.9 Å². The van der Waals surface area contributed by atoms with Gasteiger partial charge in [0.05, 0.1) is 19.2 Å². The van der Waals surface area contributed by atoms with E-state index in [9.17, 15) is 4.79 Å². The minimum atomic E-state index is -0.189. The number of primary amides is 1. The number of carbonyl (C=O) groups is 1. The Kier molecular flexibility index (Phi) is 5.84. The van der Waals surface area contributed by atoms with Gasteiger partial charge in [0.15, 0.2) is 5.82 Å². The van der Waals surface area contributed by atoms with Crippen LogP contribution >= 0.6 is 0 Å². The van der Waals surface area contributed by atoms with Gasteiger partial charge >= 0.3 is 0 Å². The average Bonchev–Trinajstić information content (AvgIpc) is 2.93. The van der Waals surface area contributed by atoms with Crippen molar-refractivity contribution in [3.8, 4) is 0 Å². The first kappa shape index (κ1) is 16.8. The van der Waals surface area contributed by atoms with Crippen LogP contribution in [0.15, 0.2) is 0 Å². The maximum absolute atomic E-state index is 11.3. The van der Waals surface area contributed by atoms with Crippen molar-refractivity contribution in [1.82, 2.24) is 25.1 Å². The third-order valence-corrected chi connectivity index (χ3v) is 4.29. The lowest BCUT2D eigenvalue weighted by molar-refractivity contribution is -0.123. The number of amides is 1. The van der Waals surface area contributed by atoms with E-state index in [1.807, 2.05) is 4.68 Å². The van der Waals surface area contributed by atoms with E-state index in [2.05, 4.69) is 34.3 Å². The number of nitrogens with two attached hydrogens (primary N) is 1. The zero-order valence-corrected chi connectivity index (χ0v) is 13.6. The summed E-state index contributed by atoms with van der Waals surface area (Å²) in [6, 6.07) is 0.140. The van der Waals surface area contributed by atoms with Gasteiger partial charge in [0.2, 0.25) is 5.91 Å². The Morgan fingerprint density at radius 1 is 1.41 bits per heavy atom. The Hall–Kier alpha value is -1.54. The molecule has 22 heavy (non-hydrogen) atoms. The minimum Gasteiger partial charge on any atom is -0.383 e. The lowest BCUT2D eigenvalue weighted by atomic mass is 9.92. The van der Waals surface area contributed by atoms with Gasteiger partial charge in [0.1, 0.15) is 0 Å². The Balaban J connectivity index is 2.11. The Morgan fingerprint density at radius 2 is 2.09 bits per heavy atom. The zero-order chi connectivity index (χ0) is 16.1. The van der Waals surface area contributed by atoms with Gasteiger partial charge < -0.3 is 10.5 Å². The molecule has 2 rings (SSSR count). The lowest BCUT2D eigenvalue weighted by Gasteiger charge is -2.37. The molecule has 0 spiro atoms. The molecule has 0 saturated carbocycles. The van der Waals surface area contributed by atoms with Crippen molar-refractivity contribution < 1.29 is 9.53 Å². The molecule has 2 N–H and O–H groups in total. The van der Waals surface area contributed by atoms with E-state index in [0.29, 0.717) is 19.1 Å². The van der Waals surface area contributed by atoms with Crippen LogP contribution < -0.4 is 5.73 Å². The van der Waals surface area contributed by atoms with Crippen LogP contribution in [-0.2, 0) is 16.1 Å². The van der Waals surface area contributed by atoms with Crippen molar-refractivity contribution in [3.05, 3.63) is 5.82 Å². The van der Waals surface area contributed by atoms with Gasteiger partial charge in [-0.05, 0) is 42.3 Å². The smallest absolute Gasteiger partial charge is 0.220 e. The van der Waals surface area contributed by atoms with Crippen LogP contribution in [-0.4, -0.2) is 57.8 Å². The average molecular weight is 310 g/mol. The molecule has 1 fully saturated rings. The normalized spacial score (nSPS) is 18.7. The summed E-state index contributed by atoms with van der Waals surface area (Å²) < 4.78 is 6.93. The van der Waals surface area contributed by atoms with Crippen LogP contribution in [0.1, 0.15) is 38.6 Å². The topological polar surface area (TPSA) is 99.2 Å². The lowest BCUT2D eigenvalue weighted by Crippen LogP contribution is -2.42. The third kappa shape index (κ3) is 3.80. The van der Waals surface area contributed by atoms with Crippen LogP contribution in [0.5, 0.6) is 0 Å². The summed E-state index contributed by atoms with van der Waals surface area (Å²) in [7, 11) is 1.67. The zero-order valence-electron chi connectivity index (χ0n) is 13.6. The van der Waals surface area contributed by atoms with Crippen molar-refractivity contribution in [2.45, 2.75) is 39.3 Å². The molecule has 1 aromatic heterocycles. The molecule has 1 amide bonds. The number of rotatable bonds is 7. The first-order chi connectivity index (χ1) is 10.5. The SMILES string of the molecule is COCCn1nnnc1C(C(C)C)N1CCC(C(N)=O)CC1. The summed E-state index contributed by atoms with van der Waals surface area (Å²) >= 11 is 0. The van der Waals surface area contributed by atoms with E-state index in [1.54, 1.807) is 7.11 Å². The number of piperidine rings is 1. The van der Waals surface area contributed by atoms with Crippen LogP contribution in [0.25, 0.3) is 0 Å². The fraction of sp³-hybridized carbons (Fsp3) is 0.857. The highest BCUT2D eigenvalue weighted by Crippen LogP contribution is 2.30. The van der Waals surface area contributed by atoms with Gasteiger partial charge in [-0.2, -0.15) is 0 Å². The summed E-state index contributed by atoms with van der Waals surface area (Å²) in [5.41, 5.74) is 5.41. The van der Waals surface area contributed by atoms with Crippen molar-refractivity contribution in [2.75, 3.05) is 26.8 Å². The Morgan fingerprint density at radius 3 is 2.64 bits per heavy atom. The molecule has 8 heteroatoms. The predicted octanol–water partition coefficient (Wildman–Crippen LogP) is 0.214. The number of hydrogen-bond donors (Lipinski definition) is 1. The first-order valence-corrected chi connectivity index (χ1v) is 7.83. The number of aromatic nitrogens is 4. The van der Waals surface area contributed by atoms with E-state index in [1.165, 1.54) is 0 Å². The van der Waals surface area contributed by atoms with E-state index in [0.717, 1.165) is 31.8 Å². The molecular weight excluding hydrogens is 284 g/mol. The number of ether oxygens (including phenoxy) is 1. The second-order valence-corrected chi connectivity index (χ2v) is 6.15. The van der Waals surface area contributed by atoms with E-state index < -0.39 is 0 Å². The molecule has 0 aromatic carbocycles. The highest BCUT2D eigenvalue weighted by atomic mass is 16.5. The minimum absolute atomic E-state index is 0.00597. The maximum Gasteiger partial charge on any atom is 0.220 e. The van der Waals surface area contributed by atoms with Gasteiger partial charge in [-0.25, -0.2) is 4.68 Å². The first-order valence-electron chi connectivity index (χ1n) is 7.83. The number of nitrogens with zero attached hydrogens (tertiary/aromatic N) is 5. The number of tetrazole rings is 1. The van der Waals surface area contributed by atoms with E-state index >= 15 is 0 Å². The van der Waals surface area contributed by atoms with Crippen LogP contribution in [0.4, 0.5) is 0 Å². The number of methoxy groups -OCH3 is 1. The van der Waals surface area contributed by atoms with E-state index in [4.69, 9.17) is 10.5 Å². The molecule has 1 saturated heterocycles. The van der Waals surface area contributed by atoms with Crippen molar-refractivity contribution in [1.29, 1.82) is 0 Å². The van der Waals surface area contributed by atoms with Crippen molar-refractivity contribution >= 4 is 5.91 Å². The van der Waals surface area contributed by atoms with Crippen molar-refractivity contribution in [2.24, 2.45) is 17.6 Å². The molecule has 1 aromatic rings. The standard InChI is InChI=1S/C14H26N6O2/c1-10(2)12(14-16-17-18-20(14)8-9-22-3)19-6-4-11(5-7-19)13(15)21/h10-12H,4-9H2,1-3H3,(H2,15,21). The largest absolute Gasteiger partial charge is 0.383 e. The van der Waals surface area contributed by atoms with Crippen LogP contribution in [0.3, 0.4) is 0 Å². The molecule has 8 nitrogen and oxygen atoms in total. The molecule has 1 atom stereocenters. The number of likely N-dealkylation sites (tertiary alicyclic amines) is 1. The fourth-order valence-electron chi connectivity index (χ4n) is 3.11. The molecule has 1 unspecified atom stereocenters. The van der Waals surface area contributed by atoms with Gasteiger partial charge in [-0.1, -0.05) is 13.8 Å². The number of hydrogen-bond acceptors (Lipinski definition) is 6.